The summed E-state index contributed by atoms with van der Waals surface area (Å²) in [5, 5.41) is 13.4. The van der Waals surface area contributed by atoms with Gasteiger partial charge in [-0.25, -0.2) is 0 Å². The van der Waals surface area contributed by atoms with Crippen molar-refractivity contribution in [3.05, 3.63) is 34.1 Å². The van der Waals surface area contributed by atoms with Gasteiger partial charge in [0.25, 0.3) is 5.91 Å². The number of carbonyl (C=O) groups is 1. The lowest BCUT2D eigenvalue weighted by atomic mass is 10.3. The third-order valence-corrected chi connectivity index (χ3v) is 2.60. The minimum atomic E-state index is -0.997. The zero-order chi connectivity index (χ0) is 15.1. The molecule has 0 heterocycles. The molecule has 0 fully saturated rings. The van der Waals surface area contributed by atoms with Crippen molar-refractivity contribution in [3.8, 4) is 5.75 Å². The molecule has 8 heteroatoms. The molecule has 0 unspecified atom stereocenters. The summed E-state index contributed by atoms with van der Waals surface area (Å²) in [5.41, 5.74) is -0.630. The fourth-order valence-electron chi connectivity index (χ4n) is 1.38. The van der Waals surface area contributed by atoms with Crippen molar-refractivity contribution in [3.63, 3.8) is 0 Å². The van der Waals surface area contributed by atoms with Crippen molar-refractivity contribution in [2.24, 2.45) is 0 Å². The predicted molar refractivity (Wildman–Crippen MR) is 70.1 cm³/mol. The summed E-state index contributed by atoms with van der Waals surface area (Å²) in [6, 6.07) is 3.14. The number of rotatable bonds is 7. The smallest absolute Gasteiger partial charge is 0.305 e. The van der Waals surface area contributed by atoms with Crippen molar-refractivity contribution in [1.82, 2.24) is 10.2 Å². The Labute approximate surface area is 115 Å². The van der Waals surface area contributed by atoms with E-state index in [4.69, 9.17) is 4.74 Å². The van der Waals surface area contributed by atoms with Crippen molar-refractivity contribution in [1.29, 1.82) is 0 Å². The third kappa shape index (κ3) is 4.47. The van der Waals surface area contributed by atoms with Crippen molar-refractivity contribution in [2.75, 3.05) is 33.8 Å². The molecule has 0 aliphatic carbocycles. The van der Waals surface area contributed by atoms with E-state index in [0.29, 0.717) is 13.1 Å². The van der Waals surface area contributed by atoms with Crippen LogP contribution < -0.4 is 10.1 Å². The molecule has 0 bridgehead atoms. The summed E-state index contributed by atoms with van der Waals surface area (Å²) in [7, 11) is 3.40. The zero-order valence-corrected chi connectivity index (χ0v) is 11.3. The number of carbonyl (C=O) groups excluding carboxylic acids is 1. The van der Waals surface area contributed by atoms with Crippen LogP contribution in [0.3, 0.4) is 0 Å². The molecule has 0 atom stereocenters. The summed E-state index contributed by atoms with van der Waals surface area (Å²) >= 11 is 0. The van der Waals surface area contributed by atoms with Crippen LogP contribution in [0.25, 0.3) is 0 Å². The standard InChI is InChI=1S/C12H16FN3O4/c1-14-5-6-15(2)12(17)8-20-9-3-4-11(16(18)19)10(13)7-9/h3-4,7,14H,5-6,8H2,1-2H3. The second kappa shape index (κ2) is 7.39. The number of nitrogens with zero attached hydrogens (tertiary/aromatic N) is 2. The van der Waals surface area contributed by atoms with E-state index in [2.05, 4.69) is 5.32 Å². The van der Waals surface area contributed by atoms with E-state index in [1.807, 2.05) is 0 Å². The Morgan fingerprint density at radius 2 is 2.25 bits per heavy atom. The number of nitro groups is 1. The number of amides is 1. The summed E-state index contributed by atoms with van der Waals surface area (Å²) in [5.74, 6) is -1.19. The van der Waals surface area contributed by atoms with Crippen LogP contribution in [0.2, 0.25) is 0 Å². The highest BCUT2D eigenvalue weighted by atomic mass is 19.1. The van der Waals surface area contributed by atoms with Crippen molar-refractivity contribution >= 4 is 11.6 Å². The SMILES string of the molecule is CNCCN(C)C(=O)COc1ccc([N+](=O)[O-])c(F)c1. The number of nitrogens with one attached hydrogen (secondary N) is 1. The minimum absolute atomic E-state index is 0.0727. The molecule has 0 aromatic heterocycles. The van der Waals surface area contributed by atoms with E-state index in [1.54, 1.807) is 14.1 Å². The van der Waals surface area contributed by atoms with Crippen LogP contribution in [0, 0.1) is 15.9 Å². The number of halogens is 1. The minimum Gasteiger partial charge on any atom is -0.484 e. The van der Waals surface area contributed by atoms with E-state index in [1.165, 1.54) is 11.0 Å². The van der Waals surface area contributed by atoms with Gasteiger partial charge in [0.2, 0.25) is 5.82 Å². The topological polar surface area (TPSA) is 84.7 Å². The highest BCUT2D eigenvalue weighted by molar-refractivity contribution is 5.77. The number of nitro benzene ring substituents is 1. The second-order valence-electron chi connectivity index (χ2n) is 4.08. The maximum Gasteiger partial charge on any atom is 0.305 e. The lowest BCUT2D eigenvalue weighted by Crippen LogP contribution is -2.35. The molecular formula is C12H16FN3O4. The molecule has 0 spiro atoms. The van der Waals surface area contributed by atoms with Gasteiger partial charge in [-0.3, -0.25) is 14.9 Å². The molecule has 1 amide bonds. The van der Waals surface area contributed by atoms with E-state index in [0.717, 1.165) is 12.1 Å². The highest BCUT2D eigenvalue weighted by Crippen LogP contribution is 2.22. The van der Waals surface area contributed by atoms with Crippen LogP contribution in [0.5, 0.6) is 5.75 Å². The van der Waals surface area contributed by atoms with Gasteiger partial charge in [0.05, 0.1) is 4.92 Å². The normalized spacial score (nSPS) is 10.2. The van der Waals surface area contributed by atoms with Gasteiger partial charge in [-0.05, 0) is 13.1 Å². The summed E-state index contributed by atoms with van der Waals surface area (Å²) in [6.45, 7) is 0.916. The van der Waals surface area contributed by atoms with Gasteiger partial charge < -0.3 is 15.0 Å². The Kier molecular flexibility index (Phi) is 5.85. The van der Waals surface area contributed by atoms with E-state index < -0.39 is 16.4 Å². The molecule has 0 aliphatic rings. The number of benzene rings is 1. The number of hydrogen-bond donors (Lipinski definition) is 1. The van der Waals surface area contributed by atoms with Crippen LogP contribution in [0.4, 0.5) is 10.1 Å². The maximum atomic E-state index is 13.3. The van der Waals surface area contributed by atoms with Gasteiger partial charge in [0.1, 0.15) is 5.75 Å². The lowest BCUT2D eigenvalue weighted by Gasteiger charge is -2.17. The second-order valence-corrected chi connectivity index (χ2v) is 4.08. The first-order valence-corrected chi connectivity index (χ1v) is 5.91. The maximum absolute atomic E-state index is 13.3. The average molecular weight is 285 g/mol. The zero-order valence-electron chi connectivity index (χ0n) is 11.3. The predicted octanol–water partition coefficient (Wildman–Crippen LogP) is 0.790. The van der Waals surface area contributed by atoms with Crippen LogP contribution in [0.15, 0.2) is 18.2 Å². The Morgan fingerprint density at radius 1 is 1.55 bits per heavy atom. The molecule has 0 saturated carbocycles. The molecule has 1 aromatic rings. The van der Waals surface area contributed by atoms with Crippen LogP contribution in [0.1, 0.15) is 0 Å². The van der Waals surface area contributed by atoms with Crippen molar-refractivity contribution in [2.45, 2.75) is 0 Å². The van der Waals surface area contributed by atoms with Gasteiger partial charge in [0, 0.05) is 32.3 Å². The fraction of sp³-hybridized carbons (Fsp3) is 0.417. The quantitative estimate of drug-likeness (QED) is 0.591. The Morgan fingerprint density at radius 3 is 2.80 bits per heavy atom. The molecule has 1 N–H and O–H groups in total. The summed E-state index contributed by atoms with van der Waals surface area (Å²) in [6.07, 6.45) is 0. The van der Waals surface area contributed by atoms with Crippen molar-refractivity contribution < 1.29 is 18.8 Å². The molecule has 1 rings (SSSR count). The Bertz CT molecular complexity index is 496. The largest absolute Gasteiger partial charge is 0.484 e. The van der Waals surface area contributed by atoms with Gasteiger partial charge in [-0.2, -0.15) is 4.39 Å². The molecule has 0 radical (unpaired) electrons. The van der Waals surface area contributed by atoms with Gasteiger partial charge in [0.15, 0.2) is 6.61 Å². The molecular weight excluding hydrogens is 269 g/mol. The van der Waals surface area contributed by atoms with E-state index in [9.17, 15) is 19.3 Å². The number of likely N-dealkylation sites (N-methyl/N-ethyl adjacent to an activating group) is 2. The first-order chi connectivity index (χ1) is 9.45. The summed E-state index contributed by atoms with van der Waals surface area (Å²) < 4.78 is 18.4. The third-order valence-electron chi connectivity index (χ3n) is 2.60. The summed E-state index contributed by atoms with van der Waals surface area (Å²) in [4.78, 5) is 22.7. The molecule has 0 aliphatic heterocycles. The number of ether oxygens (including phenoxy) is 1. The molecule has 110 valence electrons. The van der Waals surface area contributed by atoms with Crippen LogP contribution in [-0.2, 0) is 4.79 Å². The number of hydrogen-bond acceptors (Lipinski definition) is 5. The van der Waals surface area contributed by atoms with Crippen LogP contribution in [-0.4, -0.2) is 49.5 Å². The Balaban J connectivity index is 2.55. The first-order valence-electron chi connectivity index (χ1n) is 5.91. The van der Waals surface area contributed by atoms with Crippen LogP contribution >= 0.6 is 0 Å². The van der Waals surface area contributed by atoms with Gasteiger partial charge in [-0.1, -0.05) is 0 Å². The van der Waals surface area contributed by atoms with Gasteiger partial charge in [-0.15, -0.1) is 0 Å². The average Bonchev–Trinajstić information content (AvgIpc) is 2.41. The van der Waals surface area contributed by atoms with E-state index in [-0.39, 0.29) is 18.3 Å². The monoisotopic (exact) mass is 285 g/mol. The molecule has 1 aromatic carbocycles. The van der Waals surface area contributed by atoms with Gasteiger partial charge >= 0.3 is 5.69 Å². The molecule has 7 nitrogen and oxygen atoms in total. The molecule has 0 saturated heterocycles. The molecule has 20 heavy (non-hydrogen) atoms. The fourth-order valence-corrected chi connectivity index (χ4v) is 1.38. The van der Waals surface area contributed by atoms with E-state index >= 15 is 0 Å². The Hall–Kier alpha value is -2.22. The highest BCUT2D eigenvalue weighted by Gasteiger charge is 2.15. The first kappa shape index (κ1) is 15.8. The lowest BCUT2D eigenvalue weighted by molar-refractivity contribution is -0.387.